The summed E-state index contributed by atoms with van der Waals surface area (Å²) in [5.74, 6) is 0.120. The first-order valence-corrected chi connectivity index (χ1v) is 11.0. The van der Waals surface area contributed by atoms with Crippen LogP contribution in [0, 0.1) is 16.0 Å². The van der Waals surface area contributed by atoms with Crippen LogP contribution in [-0.2, 0) is 9.53 Å². The summed E-state index contributed by atoms with van der Waals surface area (Å²) < 4.78 is 10.3. The molecule has 0 aromatic carbocycles. The van der Waals surface area contributed by atoms with Gasteiger partial charge in [-0.05, 0) is 31.9 Å². The van der Waals surface area contributed by atoms with Crippen LogP contribution in [0.3, 0.4) is 0 Å². The van der Waals surface area contributed by atoms with Crippen molar-refractivity contribution in [3.05, 3.63) is 40.6 Å². The predicted molar refractivity (Wildman–Crippen MR) is 117 cm³/mol. The highest BCUT2D eigenvalue weighted by molar-refractivity contribution is 5.91. The Bertz CT molecular complexity index is 997. The molecule has 2 aliphatic heterocycles. The summed E-state index contributed by atoms with van der Waals surface area (Å²) in [6, 6.07) is 3.27. The van der Waals surface area contributed by atoms with E-state index < -0.39 is 4.92 Å². The van der Waals surface area contributed by atoms with Gasteiger partial charge >= 0.3 is 11.7 Å². The molecular weight excluding hydrogens is 432 g/mol. The maximum Gasteiger partial charge on any atom is 0.353 e. The van der Waals surface area contributed by atoms with Gasteiger partial charge in [0, 0.05) is 39.3 Å². The van der Waals surface area contributed by atoms with Crippen molar-refractivity contribution in [3.8, 4) is 0 Å². The summed E-state index contributed by atoms with van der Waals surface area (Å²) in [7, 11) is 0. The molecule has 0 spiro atoms. The molecule has 0 saturated carbocycles. The van der Waals surface area contributed by atoms with Gasteiger partial charge in [-0.15, -0.1) is 0 Å². The number of nitrogens with zero attached hydrogens (tertiary/aromatic N) is 6. The fourth-order valence-corrected chi connectivity index (χ4v) is 4.25. The Morgan fingerprint density at radius 1 is 1.12 bits per heavy atom. The van der Waals surface area contributed by atoms with E-state index in [4.69, 9.17) is 9.15 Å². The van der Waals surface area contributed by atoms with Crippen LogP contribution in [0.1, 0.15) is 30.3 Å². The molecular formula is C21H26N6O6. The third-order valence-electron chi connectivity index (χ3n) is 5.98. The highest BCUT2D eigenvalue weighted by Crippen LogP contribution is 2.36. The van der Waals surface area contributed by atoms with Gasteiger partial charge < -0.3 is 23.9 Å². The van der Waals surface area contributed by atoms with Gasteiger partial charge in [-0.1, -0.05) is 0 Å². The van der Waals surface area contributed by atoms with Gasteiger partial charge in [0.2, 0.25) is 11.6 Å². The number of esters is 1. The Kier molecular flexibility index (Phi) is 6.71. The molecule has 33 heavy (non-hydrogen) atoms. The van der Waals surface area contributed by atoms with Crippen molar-refractivity contribution in [2.24, 2.45) is 5.92 Å². The molecule has 1 amide bonds. The van der Waals surface area contributed by atoms with Crippen molar-refractivity contribution < 1.29 is 23.7 Å². The van der Waals surface area contributed by atoms with Crippen LogP contribution in [-0.4, -0.2) is 77.5 Å². The van der Waals surface area contributed by atoms with Crippen LogP contribution >= 0.6 is 0 Å². The average Bonchev–Trinajstić information content (AvgIpc) is 3.38. The number of piperazine rings is 1. The standard InChI is InChI=1S/C21H26N6O6/c1-2-32-21(29)15-5-7-24(8-6-15)18-17(27(30)31)19(23-14-22-18)25-9-11-26(12-10-25)20(28)16-4-3-13-33-16/h3-4,13-15H,2,5-12H2,1H3. The normalized spacial score (nSPS) is 17.2. The van der Waals surface area contributed by atoms with Crippen molar-refractivity contribution >= 4 is 29.2 Å². The Hall–Kier alpha value is -3.70. The lowest BCUT2D eigenvalue weighted by Gasteiger charge is -2.35. The highest BCUT2D eigenvalue weighted by atomic mass is 16.6. The zero-order chi connectivity index (χ0) is 23.4. The molecule has 12 nitrogen and oxygen atoms in total. The third-order valence-corrected chi connectivity index (χ3v) is 5.98. The lowest BCUT2D eigenvalue weighted by molar-refractivity contribution is -0.383. The number of ether oxygens (including phenoxy) is 1. The van der Waals surface area contributed by atoms with Gasteiger partial charge in [0.15, 0.2) is 5.76 Å². The summed E-state index contributed by atoms with van der Waals surface area (Å²) in [6.07, 6.45) is 3.87. The molecule has 2 fully saturated rings. The minimum atomic E-state index is -0.456. The summed E-state index contributed by atoms with van der Waals surface area (Å²) in [5, 5.41) is 12.0. The molecule has 0 atom stereocenters. The van der Waals surface area contributed by atoms with Crippen LogP contribution in [0.5, 0.6) is 0 Å². The summed E-state index contributed by atoms with van der Waals surface area (Å²) in [4.78, 5) is 49.8. The first-order chi connectivity index (χ1) is 16.0. The van der Waals surface area contributed by atoms with Gasteiger partial charge in [0.1, 0.15) is 6.33 Å². The number of nitro groups is 1. The van der Waals surface area contributed by atoms with Gasteiger partial charge in [-0.3, -0.25) is 19.7 Å². The van der Waals surface area contributed by atoms with E-state index in [1.165, 1.54) is 12.6 Å². The second-order valence-corrected chi connectivity index (χ2v) is 7.90. The van der Waals surface area contributed by atoms with E-state index in [0.29, 0.717) is 58.7 Å². The molecule has 176 valence electrons. The zero-order valence-corrected chi connectivity index (χ0v) is 18.4. The van der Waals surface area contributed by atoms with Crippen molar-refractivity contribution in [1.82, 2.24) is 14.9 Å². The van der Waals surface area contributed by atoms with Crippen LogP contribution in [0.4, 0.5) is 17.3 Å². The molecule has 0 N–H and O–H groups in total. The number of carbonyl (C=O) groups is 2. The summed E-state index contributed by atoms with van der Waals surface area (Å²) >= 11 is 0. The largest absolute Gasteiger partial charge is 0.466 e. The van der Waals surface area contributed by atoms with Crippen LogP contribution in [0.25, 0.3) is 0 Å². The van der Waals surface area contributed by atoms with Crippen LogP contribution < -0.4 is 9.80 Å². The number of amides is 1. The molecule has 0 aliphatic carbocycles. The number of anilines is 2. The number of hydrogen-bond acceptors (Lipinski definition) is 10. The Morgan fingerprint density at radius 2 is 1.76 bits per heavy atom. The van der Waals surface area contributed by atoms with E-state index in [0.717, 1.165) is 0 Å². The Morgan fingerprint density at radius 3 is 2.30 bits per heavy atom. The maximum absolute atomic E-state index is 12.5. The van der Waals surface area contributed by atoms with Crippen LogP contribution in [0.2, 0.25) is 0 Å². The smallest absolute Gasteiger partial charge is 0.353 e. The zero-order valence-electron chi connectivity index (χ0n) is 18.4. The topological polar surface area (TPSA) is 135 Å². The van der Waals surface area contributed by atoms with Crippen molar-refractivity contribution in [1.29, 1.82) is 0 Å². The van der Waals surface area contributed by atoms with E-state index in [1.54, 1.807) is 28.9 Å². The summed E-state index contributed by atoms with van der Waals surface area (Å²) in [5.41, 5.74) is -0.155. The molecule has 2 aromatic heterocycles. The molecule has 4 heterocycles. The van der Waals surface area contributed by atoms with Crippen molar-refractivity contribution in [3.63, 3.8) is 0 Å². The molecule has 0 unspecified atom stereocenters. The average molecular weight is 458 g/mol. The second-order valence-electron chi connectivity index (χ2n) is 7.90. The van der Waals surface area contributed by atoms with E-state index in [1.807, 2.05) is 4.90 Å². The first-order valence-electron chi connectivity index (χ1n) is 11.0. The number of piperidine rings is 1. The number of carbonyl (C=O) groups excluding carboxylic acids is 2. The van der Waals surface area contributed by atoms with Crippen molar-refractivity contribution in [2.45, 2.75) is 19.8 Å². The van der Waals surface area contributed by atoms with Crippen LogP contribution in [0.15, 0.2) is 29.1 Å². The van der Waals surface area contributed by atoms with Gasteiger partial charge in [-0.25, -0.2) is 9.97 Å². The Balaban J connectivity index is 1.47. The molecule has 2 aromatic rings. The number of hydrogen-bond donors (Lipinski definition) is 0. The van der Waals surface area contributed by atoms with E-state index in [-0.39, 0.29) is 40.9 Å². The Labute approximate surface area is 190 Å². The van der Waals surface area contributed by atoms with Gasteiger partial charge in [0.05, 0.1) is 23.7 Å². The molecule has 2 saturated heterocycles. The SMILES string of the molecule is CCOC(=O)C1CCN(c2ncnc(N3CCN(C(=O)c4ccco4)CC3)c2[N+](=O)[O-])CC1. The van der Waals surface area contributed by atoms with E-state index in [2.05, 4.69) is 9.97 Å². The molecule has 12 heteroatoms. The predicted octanol–water partition coefficient (Wildman–Crippen LogP) is 1.72. The molecule has 4 rings (SSSR count). The molecule has 0 radical (unpaired) electrons. The van der Waals surface area contributed by atoms with E-state index >= 15 is 0 Å². The van der Waals surface area contributed by atoms with E-state index in [9.17, 15) is 19.7 Å². The van der Waals surface area contributed by atoms with Crippen molar-refractivity contribution in [2.75, 3.05) is 55.7 Å². The van der Waals surface area contributed by atoms with Gasteiger partial charge in [-0.2, -0.15) is 0 Å². The first kappa shape index (κ1) is 22.5. The lowest BCUT2D eigenvalue weighted by atomic mass is 9.97. The minimum absolute atomic E-state index is 0.155. The van der Waals surface area contributed by atoms with Gasteiger partial charge in [0.25, 0.3) is 5.91 Å². The second kappa shape index (κ2) is 9.84. The quantitative estimate of drug-likeness (QED) is 0.358. The fourth-order valence-electron chi connectivity index (χ4n) is 4.25. The number of furan rings is 1. The monoisotopic (exact) mass is 458 g/mol. The highest BCUT2D eigenvalue weighted by Gasteiger charge is 2.35. The summed E-state index contributed by atoms with van der Waals surface area (Å²) in [6.45, 7) is 4.61. The molecule has 0 bridgehead atoms. The lowest BCUT2D eigenvalue weighted by Crippen LogP contribution is -2.49. The molecule has 2 aliphatic rings. The number of aromatic nitrogens is 2. The fraction of sp³-hybridized carbons (Fsp3) is 0.524. The minimum Gasteiger partial charge on any atom is -0.466 e. The number of rotatable bonds is 6. The third kappa shape index (κ3) is 4.73. The maximum atomic E-state index is 12.5.